The number of hydrogen-bond donors (Lipinski definition) is 8. The maximum Gasteiger partial charge on any atom is 0.238 e. The molecule has 8 N–H and O–H groups in total. The van der Waals surface area contributed by atoms with Gasteiger partial charge in [-0.1, -0.05) is 0 Å². The Morgan fingerprint density at radius 3 is 1.10 bits per heavy atom. The lowest BCUT2D eigenvalue weighted by molar-refractivity contribution is 0.438. The highest BCUT2D eigenvalue weighted by atomic mass is 16.4. The SMILES string of the molecule is O=c1c(O)c(-c2ccc(O)cc2)oc2cc(O)cc(O)c12.O=c1c(O)c(-c2ccc(O)cc2)oc2cc(O)cc(O)c12. The van der Waals surface area contributed by atoms with Crippen molar-refractivity contribution in [3.05, 3.63) is 93.2 Å². The zero-order chi connectivity index (χ0) is 30.3. The van der Waals surface area contributed by atoms with Gasteiger partial charge in [-0.3, -0.25) is 9.59 Å². The van der Waals surface area contributed by atoms with E-state index in [9.17, 15) is 50.4 Å². The van der Waals surface area contributed by atoms with Gasteiger partial charge in [0, 0.05) is 35.4 Å². The molecule has 212 valence electrons. The van der Waals surface area contributed by atoms with Crippen LogP contribution in [0.15, 0.2) is 91.2 Å². The smallest absolute Gasteiger partial charge is 0.238 e. The lowest BCUT2D eigenvalue weighted by Crippen LogP contribution is -2.02. The Balaban J connectivity index is 0.000000168. The summed E-state index contributed by atoms with van der Waals surface area (Å²) in [7, 11) is 0. The first-order valence-electron chi connectivity index (χ1n) is 12.0. The van der Waals surface area contributed by atoms with Crippen LogP contribution in [-0.4, -0.2) is 40.9 Å². The molecular weight excluding hydrogens is 552 g/mol. The number of rotatable bonds is 2. The largest absolute Gasteiger partial charge is 0.508 e. The lowest BCUT2D eigenvalue weighted by atomic mass is 10.1. The molecule has 2 aromatic heterocycles. The third kappa shape index (κ3) is 4.91. The minimum atomic E-state index is -0.808. The summed E-state index contributed by atoms with van der Waals surface area (Å²) in [5.74, 6) is -3.00. The molecule has 12 nitrogen and oxygen atoms in total. The van der Waals surface area contributed by atoms with Crippen molar-refractivity contribution in [3.8, 4) is 68.6 Å². The van der Waals surface area contributed by atoms with Gasteiger partial charge < -0.3 is 49.7 Å². The molecule has 0 unspecified atom stereocenters. The van der Waals surface area contributed by atoms with Crippen LogP contribution in [0.3, 0.4) is 0 Å². The van der Waals surface area contributed by atoms with Gasteiger partial charge in [-0.15, -0.1) is 0 Å². The summed E-state index contributed by atoms with van der Waals surface area (Å²) in [6.45, 7) is 0. The molecule has 0 atom stereocenters. The fourth-order valence-electron chi connectivity index (χ4n) is 4.17. The molecular formula is C30H20O12. The molecule has 42 heavy (non-hydrogen) atoms. The van der Waals surface area contributed by atoms with Crippen LogP contribution in [0.1, 0.15) is 0 Å². The summed E-state index contributed by atoms with van der Waals surface area (Å²) < 4.78 is 10.8. The van der Waals surface area contributed by atoms with Crippen molar-refractivity contribution < 1.29 is 49.7 Å². The summed E-state index contributed by atoms with van der Waals surface area (Å²) in [6, 6.07) is 15.6. The van der Waals surface area contributed by atoms with E-state index in [0.29, 0.717) is 11.1 Å². The first kappa shape index (κ1) is 27.3. The van der Waals surface area contributed by atoms with E-state index in [-0.39, 0.29) is 56.5 Å². The average Bonchev–Trinajstić information content (AvgIpc) is 2.93. The van der Waals surface area contributed by atoms with Gasteiger partial charge in [-0.25, -0.2) is 0 Å². The summed E-state index contributed by atoms with van der Waals surface area (Å²) in [5, 5.41) is 76.3. The summed E-state index contributed by atoms with van der Waals surface area (Å²) >= 11 is 0. The second-order valence-corrected chi connectivity index (χ2v) is 8.99. The molecule has 0 bridgehead atoms. The standard InChI is InChI=1S/2C15H10O6/c2*16-8-3-1-7(2-4-8)15-14(20)13(19)12-10(18)5-9(17)6-11(12)21-15/h2*1-6,16-18,20H. The van der Waals surface area contributed by atoms with Crippen LogP contribution in [0.2, 0.25) is 0 Å². The van der Waals surface area contributed by atoms with Gasteiger partial charge in [0.2, 0.25) is 22.4 Å². The van der Waals surface area contributed by atoms with E-state index < -0.39 is 33.9 Å². The summed E-state index contributed by atoms with van der Waals surface area (Å²) in [4.78, 5) is 24.2. The number of benzene rings is 4. The average molecular weight is 572 g/mol. The van der Waals surface area contributed by atoms with Crippen LogP contribution in [0.4, 0.5) is 0 Å². The van der Waals surface area contributed by atoms with Crippen LogP contribution in [0.5, 0.6) is 46.0 Å². The molecule has 0 radical (unpaired) electrons. The van der Waals surface area contributed by atoms with Crippen LogP contribution in [0, 0.1) is 0 Å². The molecule has 0 saturated heterocycles. The van der Waals surface area contributed by atoms with Crippen molar-refractivity contribution in [1.82, 2.24) is 0 Å². The molecule has 6 rings (SSSR count). The number of aromatic hydroxyl groups is 8. The third-order valence-corrected chi connectivity index (χ3v) is 6.13. The fraction of sp³-hybridized carbons (Fsp3) is 0. The van der Waals surface area contributed by atoms with Crippen LogP contribution >= 0.6 is 0 Å². The van der Waals surface area contributed by atoms with Crippen molar-refractivity contribution in [2.24, 2.45) is 0 Å². The molecule has 6 aromatic rings. The fourth-order valence-corrected chi connectivity index (χ4v) is 4.17. The summed E-state index contributed by atoms with van der Waals surface area (Å²) in [5.41, 5.74) is -0.996. The van der Waals surface area contributed by atoms with E-state index in [2.05, 4.69) is 0 Å². The highest BCUT2D eigenvalue weighted by Gasteiger charge is 2.20. The minimum absolute atomic E-state index is 0.0247. The Kier molecular flexibility index (Phi) is 6.72. The molecule has 4 aromatic carbocycles. The molecule has 0 aliphatic rings. The van der Waals surface area contributed by atoms with Crippen molar-refractivity contribution in [2.45, 2.75) is 0 Å². The quantitative estimate of drug-likeness (QED) is 0.143. The number of phenols is 6. The second kappa shape index (κ2) is 10.4. The van der Waals surface area contributed by atoms with Gasteiger partial charge in [0.1, 0.15) is 56.4 Å². The lowest BCUT2D eigenvalue weighted by Gasteiger charge is -2.07. The molecule has 0 amide bonds. The van der Waals surface area contributed by atoms with E-state index in [1.807, 2.05) is 0 Å². The predicted octanol–water partition coefficient (Wildman–Crippen LogP) is 4.56. The Hall–Kier alpha value is -6.30. The second-order valence-electron chi connectivity index (χ2n) is 8.99. The van der Waals surface area contributed by atoms with Crippen molar-refractivity contribution in [3.63, 3.8) is 0 Å². The van der Waals surface area contributed by atoms with Gasteiger partial charge in [-0.2, -0.15) is 0 Å². The molecule has 0 saturated carbocycles. The maximum absolute atomic E-state index is 12.1. The Morgan fingerprint density at radius 2 is 0.762 bits per heavy atom. The van der Waals surface area contributed by atoms with Gasteiger partial charge in [-0.05, 0) is 48.5 Å². The van der Waals surface area contributed by atoms with Gasteiger partial charge >= 0.3 is 0 Å². The van der Waals surface area contributed by atoms with Crippen molar-refractivity contribution >= 4 is 21.9 Å². The van der Waals surface area contributed by atoms with E-state index in [0.717, 1.165) is 12.1 Å². The molecule has 12 heteroatoms. The van der Waals surface area contributed by atoms with Crippen molar-refractivity contribution in [1.29, 1.82) is 0 Å². The van der Waals surface area contributed by atoms with Gasteiger partial charge in [0.05, 0.1) is 0 Å². The van der Waals surface area contributed by atoms with Crippen LogP contribution in [-0.2, 0) is 0 Å². The zero-order valence-electron chi connectivity index (χ0n) is 21.1. The molecule has 0 aliphatic carbocycles. The summed E-state index contributed by atoms with van der Waals surface area (Å²) in [6.07, 6.45) is 0. The third-order valence-electron chi connectivity index (χ3n) is 6.13. The minimum Gasteiger partial charge on any atom is -0.508 e. The zero-order valence-corrected chi connectivity index (χ0v) is 21.1. The van der Waals surface area contributed by atoms with Gasteiger partial charge in [0.25, 0.3) is 0 Å². The topological polar surface area (TPSA) is 222 Å². The van der Waals surface area contributed by atoms with Crippen LogP contribution in [0.25, 0.3) is 44.6 Å². The highest BCUT2D eigenvalue weighted by Crippen LogP contribution is 2.36. The maximum atomic E-state index is 12.1. The predicted molar refractivity (Wildman–Crippen MR) is 149 cm³/mol. The molecule has 0 aliphatic heterocycles. The van der Waals surface area contributed by atoms with E-state index in [1.165, 1.54) is 60.7 Å². The van der Waals surface area contributed by atoms with Gasteiger partial charge in [0.15, 0.2) is 11.5 Å². The van der Waals surface area contributed by atoms with E-state index in [1.54, 1.807) is 0 Å². The van der Waals surface area contributed by atoms with Crippen molar-refractivity contribution in [2.75, 3.05) is 0 Å². The number of fused-ring (bicyclic) bond motifs is 2. The highest BCUT2D eigenvalue weighted by molar-refractivity contribution is 5.89. The van der Waals surface area contributed by atoms with E-state index >= 15 is 0 Å². The Bertz CT molecular complexity index is 1940. The monoisotopic (exact) mass is 572 g/mol. The first-order valence-corrected chi connectivity index (χ1v) is 12.0. The molecule has 0 fully saturated rings. The first-order chi connectivity index (χ1) is 19.9. The Labute approximate surface area is 233 Å². The van der Waals surface area contributed by atoms with Crippen LogP contribution < -0.4 is 10.9 Å². The molecule has 0 spiro atoms. The Morgan fingerprint density at radius 1 is 0.429 bits per heavy atom. The normalized spacial score (nSPS) is 10.9. The molecule has 2 heterocycles. The number of hydrogen-bond acceptors (Lipinski definition) is 12. The number of phenolic OH excluding ortho intramolecular Hbond substituents is 6. The van der Waals surface area contributed by atoms with E-state index in [4.69, 9.17) is 8.83 Å².